The van der Waals surface area contributed by atoms with Crippen molar-refractivity contribution in [3.63, 3.8) is 0 Å². The second kappa shape index (κ2) is 47.0. The van der Waals surface area contributed by atoms with Crippen LogP contribution in [0.3, 0.4) is 0 Å². The van der Waals surface area contributed by atoms with Gasteiger partial charge in [-0.3, -0.25) is 26.1 Å². The highest BCUT2D eigenvalue weighted by Gasteiger charge is 2.53. The molecule has 20 rings (SSSR count). The monoisotopic (exact) mass is 2010 g/mol. The van der Waals surface area contributed by atoms with Gasteiger partial charge in [0.2, 0.25) is 0 Å². The molecule has 26 heteroatoms. The molecule has 4 aromatic heterocycles. The van der Waals surface area contributed by atoms with Crippen LogP contribution in [0.5, 0.6) is 0 Å². The summed E-state index contributed by atoms with van der Waals surface area (Å²) in [5, 5.41) is 54.4. The molecule has 150 heavy (non-hydrogen) atoms. The zero-order valence-corrected chi connectivity index (χ0v) is 85.8. The molecular weight excluding hydrogens is 1890 g/mol. The van der Waals surface area contributed by atoms with Crippen LogP contribution >= 0.6 is 0 Å². The average molecular weight is 2010 g/mol. The van der Waals surface area contributed by atoms with Gasteiger partial charge in [0.05, 0.1) is 52.2 Å². The first kappa shape index (κ1) is 105. The minimum Gasteiger partial charge on any atom is -0.512 e. The summed E-state index contributed by atoms with van der Waals surface area (Å²) in [5.74, 6) is 3.10. The summed E-state index contributed by atoms with van der Waals surface area (Å²) in [6, 6.07) is 103. The Hall–Kier alpha value is -17.4. The van der Waals surface area contributed by atoms with Crippen LogP contribution in [0.4, 0.5) is 41.9 Å². The fourth-order valence-corrected chi connectivity index (χ4v) is 18.5. The van der Waals surface area contributed by atoms with Crippen LogP contribution in [-0.4, -0.2) is 86.6 Å². The number of aliphatic carboxylic acids is 1. The number of carbonyl (C=O) groups is 5. The lowest BCUT2D eigenvalue weighted by molar-refractivity contribution is -0.140. The number of carboxylic acid groups (broad SMARTS) is 1. The zero-order chi connectivity index (χ0) is 106. The number of rotatable bonds is 32. The molecule has 0 spiro atoms. The third kappa shape index (κ3) is 24.1. The van der Waals surface area contributed by atoms with Crippen molar-refractivity contribution < 1.29 is 85.8 Å². The molecule has 16 aromatic rings. The van der Waals surface area contributed by atoms with E-state index >= 15 is 0 Å². The molecule has 0 radical (unpaired) electrons. The molecule has 766 valence electrons. The lowest BCUT2D eigenvalue weighted by atomic mass is 9.88. The van der Waals surface area contributed by atoms with Gasteiger partial charge in [0, 0.05) is 29.4 Å². The Morgan fingerprint density at radius 1 is 0.313 bits per heavy atom. The Bertz CT molecular complexity index is 7180. The first-order valence-corrected chi connectivity index (χ1v) is 50.1. The van der Waals surface area contributed by atoms with Gasteiger partial charge in [-0.1, -0.05) is 356 Å². The molecule has 0 bridgehead atoms. The summed E-state index contributed by atoms with van der Waals surface area (Å²) in [7, 11) is 1.00. The maximum Gasteiger partial charge on any atom is 0.412 e. The van der Waals surface area contributed by atoms with Gasteiger partial charge in [0.25, 0.3) is 0 Å². The molecule has 4 atom stereocenters. The van der Waals surface area contributed by atoms with Crippen molar-refractivity contribution in [3.05, 3.63) is 420 Å². The van der Waals surface area contributed by atoms with Crippen LogP contribution in [0, 0.1) is 27.7 Å². The number of amides is 4. The van der Waals surface area contributed by atoms with Crippen molar-refractivity contribution in [2.75, 3.05) is 41.6 Å². The Balaban J connectivity index is 0.000000142. The number of hydrogen-bond donors (Lipinski definition) is 7. The van der Waals surface area contributed by atoms with Gasteiger partial charge in [-0.05, 0) is 210 Å². The van der Waals surface area contributed by atoms with Crippen molar-refractivity contribution in [1.82, 2.24) is 20.6 Å². The van der Waals surface area contributed by atoms with Crippen LogP contribution in [0.1, 0.15) is 185 Å². The number of anilines is 4. The number of ether oxygens (including phenoxy) is 6. The summed E-state index contributed by atoms with van der Waals surface area (Å²) in [6.45, 7) is 31.7. The summed E-state index contributed by atoms with van der Waals surface area (Å²) < 4.78 is 55.6. The van der Waals surface area contributed by atoms with Crippen LogP contribution < -0.4 is 21.3 Å². The Morgan fingerprint density at radius 2 is 0.567 bits per heavy atom. The van der Waals surface area contributed by atoms with Crippen molar-refractivity contribution >= 4 is 53.1 Å². The van der Waals surface area contributed by atoms with Crippen molar-refractivity contribution in [3.8, 4) is 89.7 Å². The molecule has 12 aromatic carbocycles. The van der Waals surface area contributed by atoms with Gasteiger partial charge in [-0.2, -0.15) is 0 Å². The number of carbonyl (C=O) groups excluding carboxylic acids is 4. The molecule has 7 N–H and O–H groups in total. The van der Waals surface area contributed by atoms with Crippen LogP contribution in [0.25, 0.3) is 89.7 Å². The van der Waals surface area contributed by atoms with Gasteiger partial charge in [-0.25, -0.2) is 19.2 Å². The molecule has 4 amide bonds. The van der Waals surface area contributed by atoms with Gasteiger partial charge < -0.3 is 61.8 Å². The quantitative estimate of drug-likeness (QED) is 0.0152. The van der Waals surface area contributed by atoms with E-state index in [-0.39, 0.29) is 22.0 Å². The summed E-state index contributed by atoms with van der Waals surface area (Å²) >= 11 is 0. The van der Waals surface area contributed by atoms with E-state index in [1.165, 1.54) is 11.1 Å². The minimum absolute atomic E-state index is 0.0351. The zero-order valence-electron chi connectivity index (χ0n) is 85.8. The van der Waals surface area contributed by atoms with E-state index in [2.05, 4.69) is 134 Å². The number of aromatic nitrogens is 4. The summed E-state index contributed by atoms with van der Waals surface area (Å²) in [5.41, 5.74) is 22.5. The number of aryl methyl sites for hydroxylation is 4. The lowest BCUT2D eigenvalue weighted by Crippen LogP contribution is -2.20. The van der Waals surface area contributed by atoms with Gasteiger partial charge in [-0.15, -0.1) is 0 Å². The number of allylic oxidation sites excluding steroid dienone is 3. The second-order valence-electron chi connectivity index (χ2n) is 37.6. The van der Waals surface area contributed by atoms with Crippen molar-refractivity contribution in [2.45, 2.75) is 167 Å². The third-order valence-electron chi connectivity index (χ3n) is 27.9. The normalized spacial score (nSPS) is 14.3. The second-order valence-corrected chi connectivity index (χ2v) is 37.6. The van der Waals surface area contributed by atoms with Gasteiger partial charge in [0.15, 0.2) is 23.0 Å². The highest BCUT2D eigenvalue weighted by atomic mass is 16.6. The molecule has 0 aliphatic heterocycles. The average Bonchev–Trinajstić information content (AvgIpc) is 1.69. The number of aliphatic hydroxyl groups excluding tert-OH is 2. The summed E-state index contributed by atoms with van der Waals surface area (Å²) in [4.78, 5) is 62.4. The number of hydrogen-bond acceptors (Lipinski definition) is 21. The van der Waals surface area contributed by atoms with E-state index in [1.54, 1.807) is 27.7 Å². The van der Waals surface area contributed by atoms with E-state index in [0.717, 1.165) is 157 Å². The largest absolute Gasteiger partial charge is 0.512 e. The van der Waals surface area contributed by atoms with Crippen LogP contribution in [0.15, 0.2) is 371 Å². The molecule has 26 nitrogen and oxygen atoms in total. The number of nitrogens with zero attached hydrogens (tertiary/aromatic N) is 4. The highest BCUT2D eigenvalue weighted by Crippen LogP contribution is 2.57. The topological polar surface area (TPSA) is 354 Å². The van der Waals surface area contributed by atoms with E-state index in [1.807, 2.05) is 284 Å². The third-order valence-corrected chi connectivity index (χ3v) is 27.9. The number of carboxylic acids is 1. The predicted octanol–water partition coefficient (Wildman–Crippen LogP) is 30.5. The van der Waals surface area contributed by atoms with E-state index in [9.17, 15) is 34.2 Å². The fraction of sp³-hybridized carbons (Fsp3) is 0.234. The van der Waals surface area contributed by atoms with E-state index < -0.39 is 60.2 Å². The van der Waals surface area contributed by atoms with Crippen LogP contribution in [0.2, 0.25) is 0 Å². The first-order valence-electron chi connectivity index (χ1n) is 50.1. The SMILES string of the molecule is C=C(O)C1(c2ccc(-c3ccc(-c4onc(C)c4NC(=O)O[C@H](C)c4ccccc4)cc3)cc2)CC1.C=C(OCC)C1(c2ccc(-c3ccc(-c4noc(C)c4NC(=O)O[C@H](C)c4ccccc4)cc3)cc2)CC1.C=C(OCC)C1(c2ccc(-c3ccc(-c4onc(C)c4NC(=O)O[C@H](C)c4ccccc4)cc3)cc2)CC1.CO.Cc1onc(-c2ccc(-c3ccccc3C3(C(=O)O)CC3)cc2)c1NC(=O)O[C@H](C)c1ccccc1. The molecule has 4 saturated carbocycles. The first-order chi connectivity index (χ1) is 72.6. The molecular formula is C124H122N8O18. The summed E-state index contributed by atoms with van der Waals surface area (Å²) in [6.07, 6.45) is 3.54. The van der Waals surface area contributed by atoms with Crippen molar-refractivity contribution in [2.24, 2.45) is 0 Å². The number of benzene rings is 12. The number of nitrogens with one attached hydrogen (secondary N) is 4. The molecule has 0 saturated heterocycles. The Kier molecular flexibility index (Phi) is 33.0. The lowest BCUT2D eigenvalue weighted by Gasteiger charge is -2.19. The van der Waals surface area contributed by atoms with E-state index in [4.69, 9.17) is 51.6 Å². The van der Waals surface area contributed by atoms with Crippen LogP contribution in [-0.2, 0) is 54.9 Å². The maximum atomic E-state index is 12.6. The van der Waals surface area contributed by atoms with Crippen molar-refractivity contribution in [1.29, 1.82) is 0 Å². The maximum absolute atomic E-state index is 12.6. The van der Waals surface area contributed by atoms with E-state index in [0.29, 0.717) is 94.6 Å². The predicted molar refractivity (Wildman–Crippen MR) is 581 cm³/mol. The molecule has 0 unspecified atom stereocenters. The van der Waals surface area contributed by atoms with Gasteiger partial charge >= 0.3 is 30.3 Å². The molecule has 4 fully saturated rings. The molecule has 4 aliphatic carbocycles. The fourth-order valence-electron chi connectivity index (χ4n) is 18.5. The Morgan fingerprint density at radius 3 is 0.847 bits per heavy atom. The molecule has 4 heterocycles. The number of aliphatic hydroxyl groups is 2. The standard InChI is InChI=1S/2C32H32N2O4.C30H28N2O4.C29H26N2O5.CH4O/c1-5-36-23(4)32(19-20-32)28-17-15-26(16-18-28)25-11-13-27(14-12-25)30-29(21(2)34-38-30)33-31(35)37-22(3)24-9-7-6-8-10-24;1-5-36-23(4)32(19-20-32)28-17-15-26(16-18-28)25-11-13-27(14-12-25)30-29(22(3)38-34-30)33-31(35)37-21(2)24-9-7-6-8-10-24;1-19-27(31-29(34)35-20(2)22-7-5-4-6-8-22)28(36-32-19)25-11-9-23(10-12-25)24-13-15-26(16-14-24)30(17-18-30)21(3)33;1-18(20-8-4-3-5-9-20)35-28(34)30-25-19(2)36-31-26(25)22-14-12-21(13-15-22)23-10-6-7-11-24(23)29(16-17-29)27(32)33;1-2/h6-18,22H,4-5,19-20H2,1-3H3,(H,33,35);6-18,21H,4-5,19-20H2,1-3H3,(H,33,35);4-16,20,33H,3,17-18H2,1-2H3,(H,31,34);3-15,18H,16-17H2,1-2H3,(H,30,34)(H,32,33);2H,1H3/t22-;21-;20-;18-;/m1111./s1. The van der Waals surface area contributed by atoms with Gasteiger partial charge in [0.1, 0.15) is 69.9 Å². The molecule has 4 aliphatic rings. The highest BCUT2D eigenvalue weighted by molar-refractivity contribution is 5.95. The minimum atomic E-state index is -0.799. The Labute approximate surface area is 872 Å². The smallest absolute Gasteiger partial charge is 0.412 e.